The molecule has 5 nitrogen and oxygen atoms in total. The summed E-state index contributed by atoms with van der Waals surface area (Å²) < 4.78 is 2.23. The lowest BCUT2D eigenvalue weighted by atomic mass is 9.97. The van der Waals surface area contributed by atoms with Crippen LogP contribution in [0.2, 0.25) is 0 Å². The predicted molar refractivity (Wildman–Crippen MR) is 103 cm³/mol. The summed E-state index contributed by atoms with van der Waals surface area (Å²) in [5, 5.41) is 0. The van der Waals surface area contributed by atoms with E-state index in [1.807, 2.05) is 17.2 Å². The second-order valence-electron chi connectivity index (χ2n) is 7.65. The van der Waals surface area contributed by atoms with Crippen LogP contribution in [-0.2, 0) is 17.8 Å². The number of rotatable bonds is 4. The van der Waals surface area contributed by atoms with E-state index in [4.69, 9.17) is 0 Å². The van der Waals surface area contributed by atoms with Gasteiger partial charge < -0.3 is 9.47 Å². The third-order valence-corrected chi connectivity index (χ3v) is 5.75. The Morgan fingerprint density at radius 2 is 2.12 bits per heavy atom. The second-order valence-corrected chi connectivity index (χ2v) is 7.65. The first kappa shape index (κ1) is 17.3. The third kappa shape index (κ3) is 3.68. The van der Waals surface area contributed by atoms with E-state index < -0.39 is 0 Å². The van der Waals surface area contributed by atoms with Crippen LogP contribution < -0.4 is 4.90 Å². The first-order valence-corrected chi connectivity index (χ1v) is 9.79. The molecular weight excluding hydrogens is 324 g/mol. The van der Waals surface area contributed by atoms with E-state index in [9.17, 15) is 4.79 Å². The van der Waals surface area contributed by atoms with Crippen LogP contribution in [-0.4, -0.2) is 46.5 Å². The van der Waals surface area contributed by atoms with Crippen molar-refractivity contribution in [2.75, 3.05) is 31.1 Å². The van der Waals surface area contributed by atoms with Crippen LogP contribution in [0.5, 0.6) is 0 Å². The van der Waals surface area contributed by atoms with Gasteiger partial charge in [0.2, 0.25) is 5.91 Å². The average Bonchev–Trinajstić information content (AvgIpc) is 3.06. The van der Waals surface area contributed by atoms with Crippen molar-refractivity contribution < 1.29 is 4.79 Å². The molecule has 4 rings (SSSR count). The summed E-state index contributed by atoms with van der Waals surface area (Å²) in [6.45, 7) is 6.47. The Kier molecular flexibility index (Phi) is 5.07. The molecule has 138 valence electrons. The Labute approximate surface area is 155 Å². The second kappa shape index (κ2) is 7.62. The average molecular weight is 352 g/mol. The number of hydrogen-bond acceptors (Lipinski definition) is 3. The van der Waals surface area contributed by atoms with Crippen LogP contribution in [0.3, 0.4) is 0 Å². The molecule has 26 heavy (non-hydrogen) atoms. The molecule has 1 aromatic carbocycles. The molecule has 0 N–H and O–H groups in total. The number of likely N-dealkylation sites (tertiary alicyclic amines) is 1. The van der Waals surface area contributed by atoms with Gasteiger partial charge in [-0.05, 0) is 56.7 Å². The van der Waals surface area contributed by atoms with Crippen molar-refractivity contribution in [1.29, 1.82) is 0 Å². The third-order valence-electron chi connectivity index (χ3n) is 5.75. The number of para-hydroxylation sites is 1. The molecule has 5 heteroatoms. The highest BCUT2D eigenvalue weighted by Gasteiger charge is 2.26. The lowest BCUT2D eigenvalue weighted by molar-refractivity contribution is -0.120. The van der Waals surface area contributed by atoms with Gasteiger partial charge in [-0.3, -0.25) is 9.69 Å². The minimum atomic E-state index is 0.247. The van der Waals surface area contributed by atoms with Crippen molar-refractivity contribution in [3.05, 3.63) is 48.0 Å². The standard InChI is InChI=1S/C21H28N4O/c1-17-22-10-13-24(17)15-18-6-4-11-23(14-18)16-21(26)25-12-5-8-19-7-2-3-9-20(19)25/h2-3,7,9-10,13,18H,4-6,8,11-12,14-16H2,1H3/t18-/m0/s1. The monoisotopic (exact) mass is 352 g/mol. The molecule has 3 heterocycles. The SMILES string of the molecule is Cc1nccn1C[C@H]1CCCN(CC(=O)N2CCCc3ccccc32)C1. The van der Waals surface area contributed by atoms with Gasteiger partial charge >= 0.3 is 0 Å². The highest BCUT2D eigenvalue weighted by Crippen LogP contribution is 2.27. The zero-order valence-corrected chi connectivity index (χ0v) is 15.6. The van der Waals surface area contributed by atoms with E-state index in [0.717, 1.165) is 50.5 Å². The van der Waals surface area contributed by atoms with Gasteiger partial charge in [0.05, 0.1) is 6.54 Å². The first-order chi connectivity index (χ1) is 12.7. The van der Waals surface area contributed by atoms with Crippen LogP contribution >= 0.6 is 0 Å². The van der Waals surface area contributed by atoms with Crippen molar-refractivity contribution in [2.24, 2.45) is 5.92 Å². The van der Waals surface area contributed by atoms with Crippen LogP contribution in [0.4, 0.5) is 5.69 Å². The maximum Gasteiger partial charge on any atom is 0.241 e. The zero-order valence-electron chi connectivity index (χ0n) is 15.6. The normalized spacial score (nSPS) is 20.8. The maximum absolute atomic E-state index is 13.0. The maximum atomic E-state index is 13.0. The minimum absolute atomic E-state index is 0.247. The number of hydrogen-bond donors (Lipinski definition) is 0. The van der Waals surface area contributed by atoms with Gasteiger partial charge in [-0.15, -0.1) is 0 Å². The molecule has 0 spiro atoms. The van der Waals surface area contributed by atoms with E-state index in [2.05, 4.69) is 45.8 Å². The van der Waals surface area contributed by atoms with Crippen LogP contribution in [0, 0.1) is 12.8 Å². The van der Waals surface area contributed by atoms with E-state index in [0.29, 0.717) is 12.5 Å². The van der Waals surface area contributed by atoms with E-state index in [1.54, 1.807) is 0 Å². The molecule has 0 aliphatic carbocycles. The van der Waals surface area contributed by atoms with E-state index in [1.165, 1.54) is 18.4 Å². The van der Waals surface area contributed by atoms with Crippen LogP contribution in [0.15, 0.2) is 36.7 Å². The number of nitrogens with zero attached hydrogens (tertiary/aromatic N) is 4. The first-order valence-electron chi connectivity index (χ1n) is 9.79. The quantitative estimate of drug-likeness (QED) is 0.850. The molecule has 2 aromatic rings. The molecule has 1 saturated heterocycles. The lowest BCUT2D eigenvalue weighted by Gasteiger charge is -2.35. The largest absolute Gasteiger partial charge is 0.335 e. The van der Waals surface area contributed by atoms with Gasteiger partial charge in [-0.1, -0.05) is 18.2 Å². The van der Waals surface area contributed by atoms with Crippen molar-refractivity contribution >= 4 is 11.6 Å². The number of benzene rings is 1. The fraction of sp³-hybridized carbons (Fsp3) is 0.524. The topological polar surface area (TPSA) is 41.4 Å². The molecule has 0 unspecified atom stereocenters. The molecular formula is C21H28N4O. The molecule has 1 atom stereocenters. The number of amides is 1. The molecule has 0 radical (unpaired) electrons. The Morgan fingerprint density at radius 3 is 2.96 bits per heavy atom. The van der Waals surface area contributed by atoms with Crippen molar-refractivity contribution in [3.63, 3.8) is 0 Å². The Bertz CT molecular complexity index is 769. The predicted octanol–water partition coefficient (Wildman–Crippen LogP) is 2.88. The highest BCUT2D eigenvalue weighted by atomic mass is 16.2. The van der Waals surface area contributed by atoms with Crippen LogP contribution in [0.25, 0.3) is 0 Å². The number of fused-ring (bicyclic) bond motifs is 1. The molecule has 2 aliphatic heterocycles. The minimum Gasteiger partial charge on any atom is -0.335 e. The van der Waals surface area contributed by atoms with Gasteiger partial charge in [-0.25, -0.2) is 4.98 Å². The number of imidazole rings is 1. The number of aromatic nitrogens is 2. The summed E-state index contributed by atoms with van der Waals surface area (Å²) in [5.41, 5.74) is 2.42. The smallest absolute Gasteiger partial charge is 0.241 e. The van der Waals surface area contributed by atoms with Crippen molar-refractivity contribution in [1.82, 2.24) is 14.5 Å². The fourth-order valence-corrected chi connectivity index (χ4v) is 4.39. The van der Waals surface area contributed by atoms with Gasteiger partial charge in [0, 0.05) is 37.7 Å². The Hall–Kier alpha value is -2.14. The molecule has 0 bridgehead atoms. The fourth-order valence-electron chi connectivity index (χ4n) is 4.39. The summed E-state index contributed by atoms with van der Waals surface area (Å²) in [7, 11) is 0. The Balaban J connectivity index is 1.38. The summed E-state index contributed by atoms with van der Waals surface area (Å²) in [5.74, 6) is 1.91. The Morgan fingerprint density at radius 1 is 1.23 bits per heavy atom. The van der Waals surface area contributed by atoms with E-state index in [-0.39, 0.29) is 5.91 Å². The number of piperidine rings is 1. The number of anilines is 1. The zero-order chi connectivity index (χ0) is 17.9. The van der Waals surface area contributed by atoms with Crippen LogP contribution in [0.1, 0.15) is 30.7 Å². The summed E-state index contributed by atoms with van der Waals surface area (Å²) >= 11 is 0. The van der Waals surface area contributed by atoms with Gasteiger partial charge in [0.25, 0.3) is 0 Å². The molecule has 1 aromatic heterocycles. The van der Waals surface area contributed by atoms with Gasteiger partial charge in [0.15, 0.2) is 0 Å². The molecule has 2 aliphatic rings. The number of carbonyl (C=O) groups is 1. The molecule has 0 saturated carbocycles. The van der Waals surface area contributed by atoms with Gasteiger partial charge in [0.1, 0.15) is 5.82 Å². The molecule has 1 fully saturated rings. The summed E-state index contributed by atoms with van der Waals surface area (Å²) in [4.78, 5) is 21.6. The molecule has 1 amide bonds. The van der Waals surface area contributed by atoms with E-state index >= 15 is 0 Å². The van der Waals surface area contributed by atoms with Crippen molar-refractivity contribution in [3.8, 4) is 0 Å². The van der Waals surface area contributed by atoms with Crippen molar-refractivity contribution in [2.45, 2.75) is 39.2 Å². The lowest BCUT2D eigenvalue weighted by Crippen LogP contribution is -2.46. The summed E-state index contributed by atoms with van der Waals surface area (Å²) in [6, 6.07) is 8.35. The van der Waals surface area contributed by atoms with Gasteiger partial charge in [-0.2, -0.15) is 0 Å². The number of aryl methyl sites for hydroxylation is 2. The number of carbonyl (C=O) groups excluding carboxylic acids is 1. The summed E-state index contributed by atoms with van der Waals surface area (Å²) in [6.07, 6.45) is 8.47. The highest BCUT2D eigenvalue weighted by molar-refractivity contribution is 5.95.